The normalized spacial score (nSPS) is 17.8. The van der Waals surface area contributed by atoms with E-state index in [4.69, 9.17) is 0 Å². The van der Waals surface area contributed by atoms with E-state index in [1.807, 2.05) is 29.2 Å². The van der Waals surface area contributed by atoms with Crippen molar-refractivity contribution in [2.75, 3.05) is 25.0 Å². The summed E-state index contributed by atoms with van der Waals surface area (Å²) >= 11 is 2.22. The van der Waals surface area contributed by atoms with Crippen molar-refractivity contribution >= 4 is 34.2 Å². The third-order valence-corrected chi connectivity index (χ3v) is 3.90. The fourth-order valence-corrected chi connectivity index (χ4v) is 3.03. The van der Waals surface area contributed by atoms with Crippen LogP contribution in [0.1, 0.15) is 19.8 Å². The number of carbonyl (C=O) groups is 1. The van der Waals surface area contributed by atoms with Crippen LogP contribution in [0.15, 0.2) is 24.3 Å². The van der Waals surface area contributed by atoms with E-state index in [1.165, 1.54) is 0 Å². The lowest BCUT2D eigenvalue weighted by Gasteiger charge is -2.46. The van der Waals surface area contributed by atoms with Gasteiger partial charge in [-0.25, -0.2) is 0 Å². The third kappa shape index (κ3) is 4.15. The summed E-state index contributed by atoms with van der Waals surface area (Å²) in [7, 11) is 0. The first-order valence-electron chi connectivity index (χ1n) is 6.51. The van der Waals surface area contributed by atoms with Gasteiger partial charge in [0.05, 0.1) is 12.1 Å². The number of rotatable bonds is 5. The van der Waals surface area contributed by atoms with Crippen LogP contribution in [0.2, 0.25) is 0 Å². The summed E-state index contributed by atoms with van der Waals surface area (Å²) in [5, 5.41) is 12.9. The van der Waals surface area contributed by atoms with Crippen molar-refractivity contribution in [2.45, 2.75) is 25.4 Å². The van der Waals surface area contributed by atoms with Gasteiger partial charge in [-0.2, -0.15) is 0 Å². The van der Waals surface area contributed by atoms with Crippen molar-refractivity contribution in [3.63, 3.8) is 0 Å². The molecule has 1 heterocycles. The maximum atomic E-state index is 11.9. The Morgan fingerprint density at radius 3 is 2.89 bits per heavy atom. The van der Waals surface area contributed by atoms with E-state index in [1.54, 1.807) is 0 Å². The Morgan fingerprint density at radius 2 is 2.26 bits per heavy atom. The van der Waals surface area contributed by atoms with E-state index in [2.05, 4.69) is 34.8 Å². The molecule has 1 aromatic rings. The summed E-state index contributed by atoms with van der Waals surface area (Å²) in [5.74, 6) is -0.0273. The van der Waals surface area contributed by atoms with Crippen molar-refractivity contribution in [1.29, 1.82) is 0 Å². The molecule has 1 aliphatic heterocycles. The lowest BCUT2D eigenvalue weighted by molar-refractivity contribution is -0.129. The molecule has 5 heteroatoms. The molecule has 0 atom stereocenters. The molecule has 4 nitrogen and oxygen atoms in total. The molecule has 1 fully saturated rings. The first-order valence-corrected chi connectivity index (χ1v) is 7.59. The molecule has 2 rings (SSSR count). The molecule has 0 aliphatic carbocycles. The van der Waals surface area contributed by atoms with Crippen LogP contribution in [0, 0.1) is 3.57 Å². The summed E-state index contributed by atoms with van der Waals surface area (Å²) < 4.78 is 1.09. The van der Waals surface area contributed by atoms with Crippen LogP contribution in [0.5, 0.6) is 0 Å². The van der Waals surface area contributed by atoms with Crippen LogP contribution < -0.4 is 5.32 Å². The minimum Gasteiger partial charge on any atom is -0.387 e. The number of likely N-dealkylation sites (tertiary alicyclic amines) is 1. The Labute approximate surface area is 127 Å². The molecule has 0 aromatic heterocycles. The van der Waals surface area contributed by atoms with Gasteiger partial charge >= 0.3 is 0 Å². The summed E-state index contributed by atoms with van der Waals surface area (Å²) in [5.41, 5.74) is 0.248. The highest BCUT2D eigenvalue weighted by Gasteiger charge is 2.40. The fourth-order valence-electron chi connectivity index (χ4n) is 2.49. The second-order valence-corrected chi connectivity index (χ2v) is 6.42. The van der Waals surface area contributed by atoms with E-state index in [-0.39, 0.29) is 5.91 Å². The minimum atomic E-state index is -0.572. The van der Waals surface area contributed by atoms with E-state index >= 15 is 0 Å². The van der Waals surface area contributed by atoms with E-state index in [0.717, 1.165) is 22.1 Å². The van der Waals surface area contributed by atoms with Crippen molar-refractivity contribution in [3.05, 3.63) is 27.8 Å². The van der Waals surface area contributed by atoms with Gasteiger partial charge in [0.15, 0.2) is 0 Å². The van der Waals surface area contributed by atoms with Crippen LogP contribution in [-0.4, -0.2) is 41.1 Å². The molecule has 0 bridgehead atoms. The topological polar surface area (TPSA) is 52.6 Å². The standard InChI is InChI=1S/C14H19IN2O2/c1-2-6-14(19)9-17(10-14)8-13(18)16-12-5-3-4-11(15)7-12/h3-5,7,19H,2,6,8-10H2,1H3,(H,16,18). The summed E-state index contributed by atoms with van der Waals surface area (Å²) in [6.45, 7) is 3.60. The highest BCUT2D eigenvalue weighted by molar-refractivity contribution is 14.1. The predicted molar refractivity (Wildman–Crippen MR) is 84.1 cm³/mol. The molecular weight excluding hydrogens is 355 g/mol. The molecule has 0 unspecified atom stereocenters. The molecule has 1 saturated heterocycles. The lowest BCUT2D eigenvalue weighted by Crippen LogP contribution is -2.62. The van der Waals surface area contributed by atoms with Crippen molar-refractivity contribution in [1.82, 2.24) is 4.90 Å². The van der Waals surface area contributed by atoms with Crippen molar-refractivity contribution in [2.24, 2.45) is 0 Å². The maximum absolute atomic E-state index is 11.9. The number of hydrogen-bond acceptors (Lipinski definition) is 3. The second-order valence-electron chi connectivity index (χ2n) is 5.18. The zero-order chi connectivity index (χ0) is 13.9. The van der Waals surface area contributed by atoms with Crippen molar-refractivity contribution in [3.8, 4) is 0 Å². The first kappa shape index (κ1) is 14.7. The number of hydrogen-bond donors (Lipinski definition) is 2. The monoisotopic (exact) mass is 374 g/mol. The fraction of sp³-hybridized carbons (Fsp3) is 0.500. The Balaban J connectivity index is 1.77. The Kier molecular flexibility index (Phi) is 4.81. The second kappa shape index (κ2) is 6.19. The minimum absolute atomic E-state index is 0.0273. The number of anilines is 1. The molecule has 1 aliphatic rings. The largest absolute Gasteiger partial charge is 0.387 e. The number of halogens is 1. The van der Waals surface area contributed by atoms with Gasteiger partial charge in [0, 0.05) is 22.3 Å². The predicted octanol–water partition coefficient (Wildman–Crippen LogP) is 2.08. The van der Waals surface area contributed by atoms with E-state index < -0.39 is 5.60 Å². The van der Waals surface area contributed by atoms with Crippen LogP contribution in [0.4, 0.5) is 5.69 Å². The van der Waals surface area contributed by atoms with E-state index in [9.17, 15) is 9.90 Å². The highest BCUT2D eigenvalue weighted by atomic mass is 127. The number of amides is 1. The number of nitrogens with one attached hydrogen (secondary N) is 1. The molecule has 0 radical (unpaired) electrons. The van der Waals surface area contributed by atoms with Crippen LogP contribution in [0.25, 0.3) is 0 Å². The lowest BCUT2D eigenvalue weighted by atomic mass is 9.89. The first-order chi connectivity index (χ1) is 9.00. The van der Waals surface area contributed by atoms with E-state index in [0.29, 0.717) is 19.6 Å². The smallest absolute Gasteiger partial charge is 0.238 e. The zero-order valence-electron chi connectivity index (χ0n) is 11.0. The number of benzene rings is 1. The van der Waals surface area contributed by atoms with Gasteiger partial charge < -0.3 is 10.4 Å². The number of β-amino-alcohol motifs (C(OH)–C–C–N with tert-alkyl or cyclic N) is 1. The summed E-state index contributed by atoms with van der Waals surface area (Å²) in [4.78, 5) is 13.8. The quantitative estimate of drug-likeness (QED) is 0.776. The van der Waals surface area contributed by atoms with Gasteiger partial charge in [-0.1, -0.05) is 19.4 Å². The van der Waals surface area contributed by atoms with Gasteiger partial charge in [-0.3, -0.25) is 9.69 Å². The molecule has 1 aromatic carbocycles. The molecule has 2 N–H and O–H groups in total. The average Bonchev–Trinajstić information content (AvgIpc) is 2.27. The molecular formula is C14H19IN2O2. The third-order valence-electron chi connectivity index (χ3n) is 3.23. The number of carbonyl (C=O) groups excluding carboxylic acids is 1. The zero-order valence-corrected chi connectivity index (χ0v) is 13.2. The molecule has 19 heavy (non-hydrogen) atoms. The van der Waals surface area contributed by atoms with Crippen LogP contribution >= 0.6 is 22.6 Å². The van der Waals surface area contributed by atoms with Crippen molar-refractivity contribution < 1.29 is 9.90 Å². The molecule has 104 valence electrons. The average molecular weight is 374 g/mol. The van der Waals surface area contributed by atoms with Gasteiger partial charge in [0.25, 0.3) is 0 Å². The summed E-state index contributed by atoms with van der Waals surface area (Å²) in [6.07, 6.45) is 1.78. The Bertz CT molecular complexity index is 459. The Hall–Kier alpha value is -0.660. The SMILES string of the molecule is CCCC1(O)CN(CC(=O)Nc2cccc(I)c2)C1. The maximum Gasteiger partial charge on any atom is 0.238 e. The summed E-state index contributed by atoms with van der Waals surface area (Å²) in [6, 6.07) is 7.71. The van der Waals surface area contributed by atoms with Crippen LogP contribution in [0.3, 0.4) is 0 Å². The van der Waals surface area contributed by atoms with Crippen LogP contribution in [-0.2, 0) is 4.79 Å². The molecule has 0 spiro atoms. The Morgan fingerprint density at radius 1 is 1.53 bits per heavy atom. The number of aliphatic hydroxyl groups is 1. The van der Waals surface area contributed by atoms with Gasteiger partial charge in [-0.05, 0) is 47.2 Å². The van der Waals surface area contributed by atoms with Gasteiger partial charge in [-0.15, -0.1) is 0 Å². The van der Waals surface area contributed by atoms with Gasteiger partial charge in [0.1, 0.15) is 0 Å². The highest BCUT2D eigenvalue weighted by Crippen LogP contribution is 2.25. The molecule has 1 amide bonds. The van der Waals surface area contributed by atoms with Gasteiger partial charge in [0.2, 0.25) is 5.91 Å². The number of nitrogens with zero attached hydrogens (tertiary/aromatic N) is 1. The molecule has 0 saturated carbocycles.